The molecule has 14 aromatic carbocycles. The van der Waals surface area contributed by atoms with E-state index in [1.54, 1.807) is 0 Å². The average Bonchev–Trinajstić information content (AvgIpc) is 1.33. The molecule has 4 heterocycles. The molecule has 0 radical (unpaired) electrons. The second kappa shape index (κ2) is 22.9. The van der Waals surface area contributed by atoms with Crippen LogP contribution in [0.1, 0.15) is 0 Å². The lowest BCUT2D eigenvalue weighted by Crippen LogP contribution is -2.74. The third-order valence-corrected chi connectivity index (χ3v) is 29.1. The van der Waals surface area contributed by atoms with Gasteiger partial charge in [-0.2, -0.15) is 9.97 Å². The molecule has 0 unspecified atom stereocenters. The molecule has 446 valence electrons. The molecule has 0 fully saturated rings. The van der Waals surface area contributed by atoms with Crippen LogP contribution in [0.2, 0.25) is 0 Å². The predicted octanol–water partition coefficient (Wildman–Crippen LogP) is 15.3. The molecule has 0 aliphatic rings. The summed E-state index contributed by atoms with van der Waals surface area (Å²) in [5.41, 5.74) is 10.4. The molecule has 0 saturated heterocycles. The standard InChI is InChI=1S/C87H60N6Si2/c1-9-29-61(30-10-1)85-88-86(62-31-11-2-12-32-62)90-87(89-85)93-83-53-49-63(91-79-47-27-25-45-73(79)77-59-71(51-55-81(77)91)94(65-33-13-3-14-34-65,66-35-15-4-16-36-66)67-37-17-5-18-38-67)57-75(83)76-58-64(50-54-84(76)93)92-80-48-28-26-46-74(80)78-60-72(52-56-82(78)92)95(68-39-19-6-20-40-68,69-41-21-7-22-42-69)70-43-23-8-24-44-70/h1-60H. The highest BCUT2D eigenvalue weighted by molar-refractivity contribution is 7.20. The molecule has 18 rings (SSSR count). The summed E-state index contributed by atoms with van der Waals surface area (Å²) in [5, 5.41) is 17.7. The Bertz CT molecular complexity index is 5330. The monoisotopic (exact) mass is 1240 g/mol. The van der Waals surface area contributed by atoms with Gasteiger partial charge >= 0.3 is 0 Å². The topological polar surface area (TPSA) is 53.5 Å². The van der Waals surface area contributed by atoms with Gasteiger partial charge in [-0.05, 0) is 102 Å². The Kier molecular flexibility index (Phi) is 13.5. The first kappa shape index (κ1) is 55.7. The molecule has 6 nitrogen and oxygen atoms in total. The van der Waals surface area contributed by atoms with Crippen molar-refractivity contribution in [3.8, 4) is 40.1 Å². The van der Waals surface area contributed by atoms with Crippen LogP contribution >= 0.6 is 0 Å². The second-order valence-electron chi connectivity index (χ2n) is 24.6. The van der Waals surface area contributed by atoms with Gasteiger partial charge in [0.1, 0.15) is 0 Å². The minimum Gasteiger partial charge on any atom is -0.309 e. The number of para-hydroxylation sites is 2. The summed E-state index contributed by atoms with van der Waals surface area (Å²) in [6.07, 6.45) is 0. The fourth-order valence-corrected chi connectivity index (χ4v) is 25.0. The van der Waals surface area contributed by atoms with E-state index < -0.39 is 16.1 Å². The van der Waals surface area contributed by atoms with Gasteiger partial charge in [0.05, 0.1) is 33.1 Å². The molecule has 18 aromatic rings. The van der Waals surface area contributed by atoms with Crippen LogP contribution in [0.15, 0.2) is 364 Å². The van der Waals surface area contributed by atoms with Gasteiger partial charge in [-0.15, -0.1) is 0 Å². The van der Waals surface area contributed by atoms with Crippen LogP contribution in [0.5, 0.6) is 0 Å². The summed E-state index contributed by atoms with van der Waals surface area (Å²) in [4.78, 5) is 16.0. The van der Waals surface area contributed by atoms with E-state index in [0.29, 0.717) is 17.6 Å². The first-order valence-corrected chi connectivity index (χ1v) is 36.5. The molecule has 0 N–H and O–H groups in total. The van der Waals surface area contributed by atoms with E-state index in [-0.39, 0.29) is 0 Å². The van der Waals surface area contributed by atoms with Gasteiger partial charge in [0.25, 0.3) is 0 Å². The SMILES string of the molecule is c1ccc(-c2nc(-c3ccccc3)nc(-n3c4ccc(-n5c6ccccc6c6cc([Si](c7ccccc7)(c7ccccc7)c7ccccc7)ccc65)cc4c4cc(-n5c6ccccc6c6cc([Si](c7ccccc7)(c7ccccc7)c7ccccc7)ccc65)ccc43)n2)cc1. The fourth-order valence-electron chi connectivity index (χ4n) is 15.5. The fraction of sp³-hybridized carbons (Fsp3) is 0. The van der Waals surface area contributed by atoms with Crippen LogP contribution in [-0.4, -0.2) is 44.8 Å². The molecular weight excluding hydrogens is 1190 g/mol. The number of nitrogens with zero attached hydrogens (tertiary/aromatic N) is 6. The van der Waals surface area contributed by atoms with Gasteiger partial charge in [-0.3, -0.25) is 4.57 Å². The van der Waals surface area contributed by atoms with Crippen molar-refractivity contribution in [1.82, 2.24) is 28.7 Å². The highest BCUT2D eigenvalue weighted by Crippen LogP contribution is 2.40. The maximum absolute atomic E-state index is 5.40. The molecule has 8 heteroatoms. The zero-order valence-corrected chi connectivity index (χ0v) is 53.8. The van der Waals surface area contributed by atoms with Crippen molar-refractivity contribution < 1.29 is 0 Å². The Labute approximate surface area is 552 Å². The van der Waals surface area contributed by atoms with E-state index >= 15 is 0 Å². The van der Waals surface area contributed by atoms with Crippen LogP contribution in [0.25, 0.3) is 106 Å². The Morgan fingerprint density at radius 3 is 0.789 bits per heavy atom. The Morgan fingerprint density at radius 1 is 0.189 bits per heavy atom. The third-order valence-electron chi connectivity index (χ3n) is 19.6. The normalized spacial score (nSPS) is 12.0. The smallest absolute Gasteiger partial charge is 0.238 e. The van der Waals surface area contributed by atoms with E-state index in [9.17, 15) is 0 Å². The van der Waals surface area contributed by atoms with Gasteiger partial charge in [-0.25, -0.2) is 4.98 Å². The number of fused-ring (bicyclic) bond motifs is 9. The Morgan fingerprint density at radius 2 is 0.453 bits per heavy atom. The minimum absolute atomic E-state index is 0.540. The van der Waals surface area contributed by atoms with E-state index in [4.69, 9.17) is 15.0 Å². The zero-order chi connectivity index (χ0) is 62.9. The van der Waals surface area contributed by atoms with Crippen LogP contribution in [0.4, 0.5) is 0 Å². The number of aromatic nitrogens is 6. The summed E-state index contributed by atoms with van der Waals surface area (Å²) >= 11 is 0. The van der Waals surface area contributed by atoms with Crippen molar-refractivity contribution in [2.24, 2.45) is 0 Å². The molecule has 0 atom stereocenters. The summed E-state index contributed by atoms with van der Waals surface area (Å²) in [7, 11) is -5.74. The van der Waals surface area contributed by atoms with E-state index in [0.717, 1.165) is 66.4 Å². The quantitative estimate of drug-likeness (QED) is 0.0854. The minimum atomic E-state index is -2.87. The maximum Gasteiger partial charge on any atom is 0.238 e. The largest absolute Gasteiger partial charge is 0.309 e. The molecule has 0 amide bonds. The lowest BCUT2D eigenvalue weighted by Gasteiger charge is -2.34. The van der Waals surface area contributed by atoms with Gasteiger partial charge in [-0.1, -0.05) is 303 Å². The van der Waals surface area contributed by atoms with Crippen molar-refractivity contribution in [1.29, 1.82) is 0 Å². The second-order valence-corrected chi connectivity index (χ2v) is 32.2. The van der Waals surface area contributed by atoms with Gasteiger partial charge in [0, 0.05) is 54.8 Å². The van der Waals surface area contributed by atoms with Crippen molar-refractivity contribution >= 4 is 123 Å². The summed E-state index contributed by atoms with van der Waals surface area (Å²) in [6.45, 7) is 0. The van der Waals surface area contributed by atoms with Crippen LogP contribution < -0.4 is 41.5 Å². The van der Waals surface area contributed by atoms with E-state index in [1.807, 2.05) is 36.4 Å². The van der Waals surface area contributed by atoms with Crippen LogP contribution in [0, 0.1) is 0 Å². The Balaban J connectivity index is 0.882. The van der Waals surface area contributed by atoms with Crippen LogP contribution in [0.3, 0.4) is 0 Å². The molecule has 4 aromatic heterocycles. The summed E-state index contributed by atoms with van der Waals surface area (Å²) in [6, 6.07) is 134. The lowest BCUT2D eigenvalue weighted by molar-refractivity contribution is 0.953. The average molecular weight is 1250 g/mol. The van der Waals surface area contributed by atoms with Gasteiger partial charge in [0.2, 0.25) is 5.95 Å². The molecule has 95 heavy (non-hydrogen) atoms. The molecule has 0 aliphatic heterocycles. The number of rotatable bonds is 13. The predicted molar refractivity (Wildman–Crippen MR) is 401 cm³/mol. The zero-order valence-electron chi connectivity index (χ0n) is 51.8. The molecule has 0 bridgehead atoms. The number of hydrogen-bond donors (Lipinski definition) is 0. The van der Waals surface area contributed by atoms with Crippen molar-refractivity contribution in [2.45, 2.75) is 0 Å². The van der Waals surface area contributed by atoms with Gasteiger partial charge in [0.15, 0.2) is 27.8 Å². The first-order valence-electron chi connectivity index (χ1n) is 32.5. The summed E-state index contributed by atoms with van der Waals surface area (Å²) < 4.78 is 7.18. The number of hydrogen-bond acceptors (Lipinski definition) is 3. The highest BCUT2D eigenvalue weighted by Gasteiger charge is 2.43. The number of benzene rings is 14. The van der Waals surface area contributed by atoms with Crippen molar-refractivity contribution in [2.75, 3.05) is 0 Å². The first-order chi connectivity index (χ1) is 47.1. The summed E-state index contributed by atoms with van der Waals surface area (Å²) in [5.74, 6) is 1.74. The lowest BCUT2D eigenvalue weighted by atomic mass is 10.1. The van der Waals surface area contributed by atoms with Crippen LogP contribution in [-0.2, 0) is 0 Å². The maximum atomic E-state index is 5.40. The van der Waals surface area contributed by atoms with E-state index in [2.05, 4.69) is 341 Å². The highest BCUT2D eigenvalue weighted by atomic mass is 28.3. The van der Waals surface area contributed by atoms with E-state index in [1.165, 1.54) is 63.0 Å². The van der Waals surface area contributed by atoms with Gasteiger partial charge < -0.3 is 9.13 Å². The third kappa shape index (κ3) is 8.94. The molecule has 0 spiro atoms. The molecule has 0 aliphatic carbocycles. The molecular formula is C87H60N6Si2. The van der Waals surface area contributed by atoms with Crippen molar-refractivity contribution in [3.63, 3.8) is 0 Å². The molecule has 0 saturated carbocycles. The van der Waals surface area contributed by atoms with Crippen molar-refractivity contribution in [3.05, 3.63) is 364 Å². The Hall–Kier alpha value is -12.1.